The molecular weight excluding hydrogens is 240 g/mol. The quantitative estimate of drug-likeness (QED) is 0.777. The normalized spacial score (nSPS) is 11.1. The van der Waals surface area contributed by atoms with Crippen molar-refractivity contribution in [3.05, 3.63) is 41.9 Å². The zero-order valence-electron chi connectivity index (χ0n) is 10.8. The van der Waals surface area contributed by atoms with Crippen LogP contribution in [0.5, 0.6) is 0 Å². The minimum atomic E-state index is 0.534. The van der Waals surface area contributed by atoms with Gasteiger partial charge in [0.2, 0.25) is 0 Å². The summed E-state index contributed by atoms with van der Waals surface area (Å²) in [4.78, 5) is 8.90. The third-order valence-corrected chi connectivity index (χ3v) is 2.88. The maximum absolute atomic E-state index is 5.34. The Hall–Kier alpha value is -2.27. The fourth-order valence-corrected chi connectivity index (χ4v) is 2.08. The molecule has 3 aromatic rings. The smallest absolute Gasteiger partial charge is 0.258 e. The second-order valence-electron chi connectivity index (χ2n) is 4.37. The third kappa shape index (κ3) is 2.20. The maximum Gasteiger partial charge on any atom is 0.258 e. The van der Waals surface area contributed by atoms with Gasteiger partial charge in [-0.25, -0.2) is 0 Å². The van der Waals surface area contributed by atoms with Gasteiger partial charge in [-0.1, -0.05) is 23.4 Å². The molecule has 1 N–H and O–H groups in total. The van der Waals surface area contributed by atoms with E-state index in [2.05, 4.69) is 20.4 Å². The Morgan fingerprint density at radius 1 is 1.21 bits per heavy atom. The van der Waals surface area contributed by atoms with E-state index in [0.29, 0.717) is 18.3 Å². The summed E-state index contributed by atoms with van der Waals surface area (Å²) in [6.45, 7) is 2.55. The first-order valence-electron chi connectivity index (χ1n) is 6.12. The van der Waals surface area contributed by atoms with Crippen LogP contribution in [0.1, 0.15) is 11.5 Å². The molecule has 0 unspecified atom stereocenters. The van der Waals surface area contributed by atoms with Crippen LogP contribution in [0.3, 0.4) is 0 Å². The fourth-order valence-electron chi connectivity index (χ4n) is 2.08. The summed E-state index contributed by atoms with van der Waals surface area (Å²) in [5.41, 5.74) is 2.80. The van der Waals surface area contributed by atoms with E-state index in [0.717, 1.165) is 22.2 Å². The van der Waals surface area contributed by atoms with E-state index in [-0.39, 0.29) is 0 Å². The zero-order chi connectivity index (χ0) is 13.2. The minimum Gasteiger partial charge on any atom is -0.334 e. The number of para-hydroxylation sites is 1. The lowest BCUT2D eigenvalue weighted by Gasteiger charge is -2.03. The lowest BCUT2D eigenvalue weighted by molar-refractivity contribution is 0.421. The summed E-state index contributed by atoms with van der Waals surface area (Å²) in [7, 11) is 1.85. The van der Waals surface area contributed by atoms with Crippen LogP contribution in [-0.4, -0.2) is 22.2 Å². The highest BCUT2D eigenvalue weighted by Gasteiger charge is 2.12. The number of aryl methyl sites for hydroxylation is 1. The van der Waals surface area contributed by atoms with Crippen LogP contribution in [0, 0.1) is 6.92 Å². The average Bonchev–Trinajstić information content (AvgIpc) is 2.86. The van der Waals surface area contributed by atoms with Gasteiger partial charge >= 0.3 is 0 Å². The Morgan fingerprint density at radius 3 is 2.89 bits per heavy atom. The van der Waals surface area contributed by atoms with Crippen molar-refractivity contribution in [2.45, 2.75) is 13.5 Å². The molecule has 0 amide bonds. The predicted octanol–water partition coefficient (Wildman–Crippen LogP) is 2.31. The fraction of sp³-hybridized carbons (Fsp3) is 0.214. The van der Waals surface area contributed by atoms with Crippen LogP contribution in [0.15, 0.2) is 34.9 Å². The molecule has 0 fully saturated rings. The van der Waals surface area contributed by atoms with Gasteiger partial charge in [0.05, 0.1) is 17.6 Å². The van der Waals surface area contributed by atoms with Crippen molar-refractivity contribution in [1.29, 1.82) is 0 Å². The van der Waals surface area contributed by atoms with Crippen molar-refractivity contribution in [1.82, 2.24) is 20.4 Å². The summed E-state index contributed by atoms with van der Waals surface area (Å²) in [6, 6.07) is 9.92. The minimum absolute atomic E-state index is 0.534. The van der Waals surface area contributed by atoms with E-state index in [1.807, 2.05) is 44.3 Å². The number of rotatable bonds is 3. The van der Waals surface area contributed by atoms with Crippen molar-refractivity contribution < 1.29 is 4.52 Å². The van der Waals surface area contributed by atoms with Crippen LogP contribution in [-0.2, 0) is 6.54 Å². The number of hydrogen-bond acceptors (Lipinski definition) is 5. The summed E-state index contributed by atoms with van der Waals surface area (Å²) < 4.78 is 5.34. The van der Waals surface area contributed by atoms with Gasteiger partial charge in [0.1, 0.15) is 0 Å². The number of hydrogen-bond donors (Lipinski definition) is 1. The van der Waals surface area contributed by atoms with Crippen LogP contribution in [0.4, 0.5) is 0 Å². The molecule has 0 spiro atoms. The number of nitrogens with one attached hydrogen (secondary N) is 1. The highest BCUT2D eigenvalue weighted by Crippen LogP contribution is 2.27. The van der Waals surface area contributed by atoms with Gasteiger partial charge in [0.15, 0.2) is 5.82 Å². The molecule has 96 valence electrons. The standard InChI is InChI=1S/C14H14N4O/c1-9-7-11(10-5-3-4-6-12(10)16-9)14-17-13(8-15-2)18-19-14/h3-7,15H,8H2,1-2H3. The molecule has 3 rings (SSSR count). The summed E-state index contributed by atoms with van der Waals surface area (Å²) in [6.07, 6.45) is 0. The molecule has 19 heavy (non-hydrogen) atoms. The summed E-state index contributed by atoms with van der Waals surface area (Å²) in [5.74, 6) is 1.18. The van der Waals surface area contributed by atoms with Gasteiger partial charge in [-0.05, 0) is 26.1 Å². The molecule has 0 saturated heterocycles. The Kier molecular flexibility index (Phi) is 2.97. The topological polar surface area (TPSA) is 63.8 Å². The molecular formula is C14H14N4O. The second kappa shape index (κ2) is 4.78. The first-order valence-corrected chi connectivity index (χ1v) is 6.12. The van der Waals surface area contributed by atoms with Gasteiger partial charge in [-0.3, -0.25) is 4.98 Å². The molecule has 0 atom stereocenters. The van der Waals surface area contributed by atoms with Gasteiger partial charge in [-0.2, -0.15) is 4.98 Å². The molecule has 5 heteroatoms. The third-order valence-electron chi connectivity index (χ3n) is 2.88. The van der Waals surface area contributed by atoms with Crippen LogP contribution >= 0.6 is 0 Å². The molecule has 0 aliphatic rings. The molecule has 5 nitrogen and oxygen atoms in total. The lowest BCUT2D eigenvalue weighted by atomic mass is 10.1. The molecule has 0 aliphatic heterocycles. The van der Waals surface area contributed by atoms with Crippen molar-refractivity contribution in [2.24, 2.45) is 0 Å². The first-order chi connectivity index (χ1) is 9.28. The number of fused-ring (bicyclic) bond motifs is 1. The van der Waals surface area contributed by atoms with Crippen molar-refractivity contribution in [2.75, 3.05) is 7.05 Å². The van der Waals surface area contributed by atoms with E-state index >= 15 is 0 Å². The van der Waals surface area contributed by atoms with E-state index in [1.54, 1.807) is 0 Å². The van der Waals surface area contributed by atoms with Gasteiger partial charge in [0, 0.05) is 11.1 Å². The maximum atomic E-state index is 5.34. The van der Waals surface area contributed by atoms with Crippen LogP contribution < -0.4 is 5.32 Å². The van der Waals surface area contributed by atoms with E-state index in [9.17, 15) is 0 Å². The number of benzene rings is 1. The summed E-state index contributed by atoms with van der Waals surface area (Å²) in [5, 5.41) is 7.97. The van der Waals surface area contributed by atoms with Gasteiger partial charge in [-0.15, -0.1) is 0 Å². The van der Waals surface area contributed by atoms with Crippen molar-refractivity contribution in [3.8, 4) is 11.5 Å². The molecule has 0 bridgehead atoms. The SMILES string of the molecule is CNCc1noc(-c2cc(C)nc3ccccc23)n1. The molecule has 2 heterocycles. The Morgan fingerprint density at radius 2 is 2.05 bits per heavy atom. The lowest BCUT2D eigenvalue weighted by Crippen LogP contribution is -2.06. The highest BCUT2D eigenvalue weighted by molar-refractivity contribution is 5.92. The number of nitrogens with zero attached hydrogens (tertiary/aromatic N) is 3. The van der Waals surface area contributed by atoms with E-state index < -0.39 is 0 Å². The monoisotopic (exact) mass is 254 g/mol. The van der Waals surface area contributed by atoms with Crippen molar-refractivity contribution >= 4 is 10.9 Å². The van der Waals surface area contributed by atoms with Crippen molar-refractivity contribution in [3.63, 3.8) is 0 Å². The van der Waals surface area contributed by atoms with E-state index in [4.69, 9.17) is 4.52 Å². The zero-order valence-corrected chi connectivity index (χ0v) is 10.8. The van der Waals surface area contributed by atoms with Crippen LogP contribution in [0.2, 0.25) is 0 Å². The number of aromatic nitrogens is 3. The Balaban J connectivity index is 2.17. The molecule has 0 aliphatic carbocycles. The largest absolute Gasteiger partial charge is 0.334 e. The predicted molar refractivity (Wildman–Crippen MR) is 72.5 cm³/mol. The number of pyridine rings is 1. The first kappa shape index (κ1) is 11.8. The van der Waals surface area contributed by atoms with E-state index in [1.165, 1.54) is 0 Å². The molecule has 0 radical (unpaired) electrons. The highest BCUT2D eigenvalue weighted by atomic mass is 16.5. The van der Waals surface area contributed by atoms with Crippen LogP contribution in [0.25, 0.3) is 22.4 Å². The Labute approximate surface area is 110 Å². The molecule has 0 saturated carbocycles. The Bertz CT molecular complexity index is 720. The van der Waals surface area contributed by atoms with Gasteiger partial charge in [0.25, 0.3) is 5.89 Å². The second-order valence-corrected chi connectivity index (χ2v) is 4.37. The van der Waals surface area contributed by atoms with Gasteiger partial charge < -0.3 is 9.84 Å². The summed E-state index contributed by atoms with van der Waals surface area (Å²) >= 11 is 0. The average molecular weight is 254 g/mol. The molecule has 1 aromatic carbocycles. The molecule has 2 aromatic heterocycles.